The average Bonchev–Trinajstić information content (AvgIpc) is 2.87. The van der Waals surface area contributed by atoms with Crippen LogP contribution in [-0.2, 0) is 17.8 Å². The highest BCUT2D eigenvalue weighted by atomic mass is 16.5. The summed E-state index contributed by atoms with van der Waals surface area (Å²) in [5.41, 5.74) is 0. The molecule has 0 aromatic carbocycles. The lowest BCUT2D eigenvalue weighted by Gasteiger charge is -2.34. The maximum Gasteiger partial charge on any atom is 0.118 e. The molecule has 108 valence electrons. The second-order valence-electron chi connectivity index (χ2n) is 5.15. The lowest BCUT2D eigenvalue weighted by Crippen LogP contribution is -2.44. The van der Waals surface area contributed by atoms with Crippen molar-refractivity contribution in [3.05, 3.63) is 23.7 Å². The molecule has 2 heterocycles. The fourth-order valence-corrected chi connectivity index (χ4v) is 2.46. The molecule has 1 aliphatic heterocycles. The highest BCUT2D eigenvalue weighted by molar-refractivity contribution is 5.07. The van der Waals surface area contributed by atoms with E-state index in [2.05, 4.69) is 36.2 Å². The summed E-state index contributed by atoms with van der Waals surface area (Å²) in [6, 6.07) is 4.71. The van der Waals surface area contributed by atoms with Crippen LogP contribution in [0.4, 0.5) is 0 Å². The normalized spacial score (nSPS) is 20.8. The number of rotatable bonds is 7. The Kier molecular flexibility index (Phi) is 5.89. The first kappa shape index (κ1) is 14.6. The van der Waals surface area contributed by atoms with E-state index in [-0.39, 0.29) is 0 Å². The van der Waals surface area contributed by atoms with Crippen LogP contribution >= 0.6 is 0 Å². The van der Waals surface area contributed by atoms with Crippen LogP contribution < -0.4 is 5.32 Å². The van der Waals surface area contributed by atoms with Crippen molar-refractivity contribution in [2.45, 2.75) is 45.8 Å². The summed E-state index contributed by atoms with van der Waals surface area (Å²) in [7, 11) is 0. The Morgan fingerprint density at radius 1 is 1.32 bits per heavy atom. The average molecular weight is 266 g/mol. The number of hydrogen-bond donors (Lipinski definition) is 1. The fraction of sp³-hybridized carbons (Fsp3) is 0.733. The number of furan rings is 1. The zero-order valence-electron chi connectivity index (χ0n) is 12.2. The minimum absolute atomic E-state index is 0.528. The van der Waals surface area contributed by atoms with Gasteiger partial charge in [0.25, 0.3) is 0 Å². The van der Waals surface area contributed by atoms with E-state index in [4.69, 9.17) is 9.15 Å². The molecular formula is C15H26N2O2. The van der Waals surface area contributed by atoms with E-state index in [0.29, 0.717) is 6.04 Å². The van der Waals surface area contributed by atoms with Gasteiger partial charge >= 0.3 is 0 Å². The lowest BCUT2D eigenvalue weighted by atomic mass is 10.1. The Labute approximate surface area is 116 Å². The van der Waals surface area contributed by atoms with Gasteiger partial charge in [0.2, 0.25) is 0 Å². The first-order chi connectivity index (χ1) is 9.33. The van der Waals surface area contributed by atoms with E-state index < -0.39 is 0 Å². The predicted molar refractivity (Wildman–Crippen MR) is 76.0 cm³/mol. The second-order valence-corrected chi connectivity index (χ2v) is 5.15. The molecular weight excluding hydrogens is 240 g/mol. The van der Waals surface area contributed by atoms with E-state index in [0.717, 1.165) is 63.8 Å². The lowest BCUT2D eigenvalue weighted by molar-refractivity contribution is -0.0155. The quantitative estimate of drug-likeness (QED) is 0.769. The van der Waals surface area contributed by atoms with Crippen molar-refractivity contribution in [2.24, 2.45) is 0 Å². The van der Waals surface area contributed by atoms with Crippen molar-refractivity contribution in [2.75, 3.05) is 26.3 Å². The first-order valence-corrected chi connectivity index (χ1v) is 7.43. The van der Waals surface area contributed by atoms with Gasteiger partial charge in [-0.2, -0.15) is 0 Å². The summed E-state index contributed by atoms with van der Waals surface area (Å²) >= 11 is 0. The molecule has 0 bridgehead atoms. The molecule has 1 fully saturated rings. The molecule has 1 unspecified atom stereocenters. The summed E-state index contributed by atoms with van der Waals surface area (Å²) < 4.78 is 11.4. The minimum Gasteiger partial charge on any atom is -0.463 e. The van der Waals surface area contributed by atoms with Crippen LogP contribution in [0.1, 0.15) is 38.2 Å². The van der Waals surface area contributed by atoms with Crippen molar-refractivity contribution in [3.8, 4) is 0 Å². The van der Waals surface area contributed by atoms with Crippen LogP contribution in [0.3, 0.4) is 0 Å². The predicted octanol–water partition coefficient (Wildman–Crippen LogP) is 2.39. The molecule has 0 amide bonds. The molecule has 1 aromatic heterocycles. The van der Waals surface area contributed by atoms with Gasteiger partial charge in [0.1, 0.15) is 11.5 Å². The molecule has 0 radical (unpaired) electrons. The van der Waals surface area contributed by atoms with Crippen molar-refractivity contribution < 1.29 is 9.15 Å². The molecule has 19 heavy (non-hydrogen) atoms. The molecule has 0 saturated carbocycles. The third kappa shape index (κ3) is 4.34. The van der Waals surface area contributed by atoms with Crippen LogP contribution in [0.2, 0.25) is 0 Å². The number of ether oxygens (including phenoxy) is 1. The third-order valence-corrected chi connectivity index (χ3v) is 3.62. The van der Waals surface area contributed by atoms with Gasteiger partial charge in [-0.15, -0.1) is 0 Å². The summed E-state index contributed by atoms with van der Waals surface area (Å²) in [6.07, 6.45) is 2.28. The number of morpholine rings is 1. The summed E-state index contributed by atoms with van der Waals surface area (Å²) in [6.45, 7) is 9.84. The van der Waals surface area contributed by atoms with E-state index in [1.165, 1.54) is 0 Å². The highest BCUT2D eigenvalue weighted by Gasteiger charge is 2.22. The molecule has 1 saturated heterocycles. The van der Waals surface area contributed by atoms with Gasteiger partial charge in [-0.05, 0) is 31.5 Å². The SMILES string of the molecule is CCCNCc1ccc(CN2CCOCC2CC)o1. The van der Waals surface area contributed by atoms with Crippen LogP contribution in [-0.4, -0.2) is 37.2 Å². The molecule has 4 heteroatoms. The smallest absolute Gasteiger partial charge is 0.118 e. The van der Waals surface area contributed by atoms with Gasteiger partial charge in [0.15, 0.2) is 0 Å². The zero-order chi connectivity index (χ0) is 13.5. The Morgan fingerprint density at radius 3 is 2.95 bits per heavy atom. The number of hydrogen-bond acceptors (Lipinski definition) is 4. The zero-order valence-corrected chi connectivity index (χ0v) is 12.2. The molecule has 1 aliphatic rings. The molecule has 4 nitrogen and oxygen atoms in total. The van der Waals surface area contributed by atoms with Gasteiger partial charge < -0.3 is 14.5 Å². The fourth-order valence-electron chi connectivity index (χ4n) is 2.46. The Morgan fingerprint density at radius 2 is 2.16 bits per heavy atom. The second kappa shape index (κ2) is 7.68. The van der Waals surface area contributed by atoms with Crippen LogP contribution in [0, 0.1) is 0 Å². The van der Waals surface area contributed by atoms with Crippen molar-refractivity contribution in [1.29, 1.82) is 0 Å². The van der Waals surface area contributed by atoms with E-state index in [1.807, 2.05) is 0 Å². The molecule has 0 aliphatic carbocycles. The van der Waals surface area contributed by atoms with Crippen molar-refractivity contribution >= 4 is 0 Å². The number of nitrogens with zero attached hydrogens (tertiary/aromatic N) is 1. The van der Waals surface area contributed by atoms with Gasteiger partial charge in [0, 0.05) is 12.6 Å². The van der Waals surface area contributed by atoms with Crippen LogP contribution in [0.5, 0.6) is 0 Å². The third-order valence-electron chi connectivity index (χ3n) is 3.62. The van der Waals surface area contributed by atoms with Gasteiger partial charge in [-0.25, -0.2) is 0 Å². The van der Waals surface area contributed by atoms with E-state index in [9.17, 15) is 0 Å². The van der Waals surface area contributed by atoms with Crippen molar-refractivity contribution in [1.82, 2.24) is 10.2 Å². The monoisotopic (exact) mass is 266 g/mol. The first-order valence-electron chi connectivity index (χ1n) is 7.43. The van der Waals surface area contributed by atoms with E-state index in [1.54, 1.807) is 0 Å². The Balaban J connectivity index is 1.84. The molecule has 1 atom stereocenters. The summed E-state index contributed by atoms with van der Waals surface area (Å²) in [5, 5.41) is 3.36. The maximum absolute atomic E-state index is 5.88. The van der Waals surface area contributed by atoms with Crippen LogP contribution in [0.15, 0.2) is 16.5 Å². The Hall–Kier alpha value is -0.840. The summed E-state index contributed by atoms with van der Waals surface area (Å²) in [4.78, 5) is 2.46. The Bertz CT molecular complexity index is 365. The van der Waals surface area contributed by atoms with Gasteiger partial charge in [-0.1, -0.05) is 13.8 Å². The van der Waals surface area contributed by atoms with Crippen LogP contribution in [0.25, 0.3) is 0 Å². The van der Waals surface area contributed by atoms with Crippen molar-refractivity contribution in [3.63, 3.8) is 0 Å². The molecule has 1 N–H and O–H groups in total. The molecule has 0 spiro atoms. The van der Waals surface area contributed by atoms with E-state index >= 15 is 0 Å². The largest absolute Gasteiger partial charge is 0.463 e. The molecule has 1 aromatic rings. The van der Waals surface area contributed by atoms with Gasteiger partial charge in [0.05, 0.1) is 26.3 Å². The summed E-state index contributed by atoms with van der Waals surface area (Å²) in [5.74, 6) is 2.10. The standard InChI is InChI=1S/C15H26N2O2/c1-3-7-16-10-14-5-6-15(19-14)11-17-8-9-18-12-13(17)4-2/h5-6,13,16H,3-4,7-12H2,1-2H3. The maximum atomic E-state index is 5.88. The number of nitrogens with one attached hydrogen (secondary N) is 1. The van der Waals surface area contributed by atoms with Gasteiger partial charge in [-0.3, -0.25) is 4.90 Å². The highest BCUT2D eigenvalue weighted by Crippen LogP contribution is 2.16. The molecule has 2 rings (SSSR count). The minimum atomic E-state index is 0.528. The topological polar surface area (TPSA) is 37.6 Å².